The highest BCUT2D eigenvalue weighted by Crippen LogP contribution is 2.41. The number of carboxylic acids is 1. The molecule has 0 radical (unpaired) electrons. The van der Waals surface area contributed by atoms with E-state index in [2.05, 4.69) is 22.0 Å². The lowest BCUT2D eigenvalue weighted by molar-refractivity contribution is -0.138. The van der Waals surface area contributed by atoms with Gasteiger partial charge in [0.15, 0.2) is 0 Å². The van der Waals surface area contributed by atoms with Gasteiger partial charge in [0.2, 0.25) is 0 Å². The molecule has 1 aromatic heterocycles. The van der Waals surface area contributed by atoms with Crippen molar-refractivity contribution in [2.24, 2.45) is 11.8 Å². The van der Waals surface area contributed by atoms with Gasteiger partial charge in [-0.05, 0) is 44.7 Å². The van der Waals surface area contributed by atoms with Gasteiger partial charge in [-0.1, -0.05) is 30.3 Å². The quantitative estimate of drug-likeness (QED) is 0.849. The monoisotopic (exact) mass is 340 g/mol. The van der Waals surface area contributed by atoms with E-state index in [-0.39, 0.29) is 23.8 Å². The molecule has 1 aliphatic carbocycles. The van der Waals surface area contributed by atoms with Gasteiger partial charge in [0.1, 0.15) is 0 Å². The first-order valence-corrected chi connectivity index (χ1v) is 8.62. The molecule has 1 saturated carbocycles. The van der Waals surface area contributed by atoms with Gasteiger partial charge in [0, 0.05) is 24.0 Å². The Hall–Kier alpha value is -2.56. The van der Waals surface area contributed by atoms with E-state index in [9.17, 15) is 9.59 Å². The van der Waals surface area contributed by atoms with Crippen molar-refractivity contribution in [2.75, 3.05) is 0 Å². The molecule has 0 aliphatic heterocycles. The maximum atomic E-state index is 12.6. The lowest BCUT2D eigenvalue weighted by Crippen LogP contribution is -2.35. The number of nitrogens with one attached hydrogen (secondary N) is 1. The third kappa shape index (κ3) is 3.60. The van der Waals surface area contributed by atoms with Crippen LogP contribution in [0.2, 0.25) is 0 Å². The van der Waals surface area contributed by atoms with Gasteiger partial charge < -0.3 is 15.0 Å². The van der Waals surface area contributed by atoms with Crippen molar-refractivity contribution >= 4 is 11.9 Å². The molecule has 5 heteroatoms. The summed E-state index contributed by atoms with van der Waals surface area (Å²) in [6.07, 6.45) is 0.643. The number of rotatable bonds is 6. The summed E-state index contributed by atoms with van der Waals surface area (Å²) in [7, 11) is 0. The van der Waals surface area contributed by atoms with Crippen molar-refractivity contribution in [3.05, 3.63) is 58.9 Å². The molecule has 132 valence electrons. The third-order valence-corrected chi connectivity index (χ3v) is 5.16. The maximum absolute atomic E-state index is 12.6. The highest BCUT2D eigenvalue weighted by Gasteiger charge is 2.46. The third-order valence-electron chi connectivity index (χ3n) is 5.16. The molecule has 3 rings (SSSR count). The van der Waals surface area contributed by atoms with E-state index >= 15 is 0 Å². The number of nitrogens with zero attached hydrogens (tertiary/aromatic N) is 1. The number of hydrogen-bond donors (Lipinski definition) is 2. The first-order valence-electron chi connectivity index (χ1n) is 8.62. The lowest BCUT2D eigenvalue weighted by atomic mass is 10.1. The molecule has 1 amide bonds. The average molecular weight is 340 g/mol. The van der Waals surface area contributed by atoms with Crippen LogP contribution in [0.1, 0.15) is 40.7 Å². The normalized spacial score (nSPS) is 20.1. The highest BCUT2D eigenvalue weighted by atomic mass is 16.4. The Morgan fingerprint density at radius 2 is 1.96 bits per heavy atom. The molecular weight excluding hydrogens is 316 g/mol. The van der Waals surface area contributed by atoms with E-state index in [0.717, 1.165) is 17.9 Å². The zero-order chi connectivity index (χ0) is 18.1. The highest BCUT2D eigenvalue weighted by molar-refractivity contribution is 5.96. The molecule has 25 heavy (non-hydrogen) atoms. The van der Waals surface area contributed by atoms with Crippen molar-refractivity contribution in [1.29, 1.82) is 0 Å². The van der Waals surface area contributed by atoms with Gasteiger partial charge in [-0.25, -0.2) is 0 Å². The van der Waals surface area contributed by atoms with E-state index in [1.54, 1.807) is 0 Å². The Morgan fingerprint density at radius 1 is 1.28 bits per heavy atom. The van der Waals surface area contributed by atoms with E-state index in [1.807, 2.05) is 45.0 Å². The average Bonchev–Trinajstić information content (AvgIpc) is 3.34. The van der Waals surface area contributed by atoms with E-state index in [1.165, 1.54) is 5.56 Å². The zero-order valence-electron chi connectivity index (χ0n) is 14.8. The summed E-state index contributed by atoms with van der Waals surface area (Å²) in [6, 6.07) is 11.9. The predicted octanol–water partition coefficient (Wildman–Crippen LogP) is 2.99. The molecule has 3 atom stereocenters. The van der Waals surface area contributed by atoms with E-state index < -0.39 is 5.97 Å². The summed E-state index contributed by atoms with van der Waals surface area (Å²) >= 11 is 0. The molecule has 1 aliphatic rings. The van der Waals surface area contributed by atoms with Crippen molar-refractivity contribution < 1.29 is 14.7 Å². The molecule has 0 saturated heterocycles. The molecule has 0 spiro atoms. The molecule has 2 N–H and O–H groups in total. The van der Waals surface area contributed by atoms with Gasteiger partial charge >= 0.3 is 5.97 Å². The van der Waals surface area contributed by atoms with Crippen LogP contribution in [0, 0.1) is 25.7 Å². The van der Waals surface area contributed by atoms with Crippen molar-refractivity contribution in [2.45, 2.75) is 39.8 Å². The number of amides is 1. The second kappa shape index (κ2) is 6.75. The van der Waals surface area contributed by atoms with Crippen LogP contribution in [0.15, 0.2) is 36.4 Å². The number of carbonyl (C=O) groups excluding carboxylic acids is 1. The molecule has 1 fully saturated rings. The largest absolute Gasteiger partial charge is 0.481 e. The van der Waals surface area contributed by atoms with Gasteiger partial charge in [0.05, 0.1) is 11.5 Å². The van der Waals surface area contributed by atoms with Crippen molar-refractivity contribution in [1.82, 2.24) is 9.88 Å². The zero-order valence-corrected chi connectivity index (χ0v) is 14.8. The maximum Gasteiger partial charge on any atom is 0.306 e. The second-order valence-electron chi connectivity index (χ2n) is 6.96. The molecular formula is C20H24N2O3. The fourth-order valence-corrected chi connectivity index (χ4v) is 3.48. The van der Waals surface area contributed by atoms with Crippen LogP contribution < -0.4 is 5.32 Å². The number of hydrogen-bond acceptors (Lipinski definition) is 2. The number of aliphatic carboxylic acids is 1. The smallest absolute Gasteiger partial charge is 0.306 e. The van der Waals surface area contributed by atoms with Gasteiger partial charge in [0.25, 0.3) is 5.91 Å². The lowest BCUT2D eigenvalue weighted by Gasteiger charge is -2.14. The van der Waals surface area contributed by atoms with Gasteiger partial charge in [-0.15, -0.1) is 0 Å². The van der Waals surface area contributed by atoms with Crippen LogP contribution in [-0.2, 0) is 11.3 Å². The molecule has 5 nitrogen and oxygen atoms in total. The minimum Gasteiger partial charge on any atom is -0.481 e. The number of aromatic nitrogens is 1. The van der Waals surface area contributed by atoms with E-state index in [0.29, 0.717) is 12.0 Å². The number of carboxylic acid groups (broad SMARTS) is 1. The Bertz CT molecular complexity index is 795. The van der Waals surface area contributed by atoms with Gasteiger partial charge in [-0.3, -0.25) is 9.59 Å². The number of carbonyl (C=O) groups is 2. The fraction of sp³-hybridized carbons (Fsp3) is 0.400. The minimum atomic E-state index is -0.771. The molecule has 1 unspecified atom stereocenters. The topological polar surface area (TPSA) is 71.3 Å². The first-order chi connectivity index (χ1) is 11.9. The van der Waals surface area contributed by atoms with Crippen molar-refractivity contribution in [3.8, 4) is 0 Å². The second-order valence-corrected chi connectivity index (χ2v) is 6.96. The van der Waals surface area contributed by atoms with E-state index in [4.69, 9.17) is 5.11 Å². The first kappa shape index (κ1) is 17.3. The Balaban J connectivity index is 1.71. The summed E-state index contributed by atoms with van der Waals surface area (Å²) in [5.41, 5.74) is 3.81. The SMILES string of the molecule is Cc1cc(C(=O)NC(C)[C@@H]2C[C@H]2C(=O)O)c(C)n1Cc1ccccc1. The number of aryl methyl sites for hydroxylation is 1. The summed E-state index contributed by atoms with van der Waals surface area (Å²) in [4.78, 5) is 23.6. The van der Waals surface area contributed by atoms with Crippen LogP contribution in [0.25, 0.3) is 0 Å². The van der Waals surface area contributed by atoms with Crippen molar-refractivity contribution in [3.63, 3.8) is 0 Å². The van der Waals surface area contributed by atoms with Crippen LogP contribution in [0.3, 0.4) is 0 Å². The van der Waals surface area contributed by atoms with Crippen LogP contribution in [-0.4, -0.2) is 27.6 Å². The Kier molecular flexibility index (Phi) is 4.66. The van der Waals surface area contributed by atoms with Crippen LogP contribution in [0.4, 0.5) is 0 Å². The molecule has 1 heterocycles. The summed E-state index contributed by atoms with van der Waals surface area (Å²) < 4.78 is 2.13. The molecule has 0 bridgehead atoms. The Labute approximate surface area is 147 Å². The summed E-state index contributed by atoms with van der Waals surface area (Å²) in [6.45, 7) is 6.56. The predicted molar refractivity (Wildman–Crippen MR) is 95.6 cm³/mol. The van der Waals surface area contributed by atoms with Gasteiger partial charge in [-0.2, -0.15) is 0 Å². The molecule has 2 aromatic rings. The molecule has 1 aromatic carbocycles. The van der Waals surface area contributed by atoms with Crippen LogP contribution in [0.5, 0.6) is 0 Å². The van der Waals surface area contributed by atoms with Crippen LogP contribution >= 0.6 is 0 Å². The minimum absolute atomic E-state index is 0.0363. The number of benzene rings is 1. The fourth-order valence-electron chi connectivity index (χ4n) is 3.48. The summed E-state index contributed by atoms with van der Waals surface area (Å²) in [5.74, 6) is -1.18. The standard InChI is InChI=1S/C20H24N2O3/c1-12-9-17(14(3)22(12)11-15-7-5-4-6-8-15)19(23)21-13(2)16-10-18(16)20(24)25/h4-9,13,16,18H,10-11H2,1-3H3,(H,21,23)(H,24,25)/t13?,16-,18+/m0/s1. The summed E-state index contributed by atoms with van der Waals surface area (Å²) in [5, 5.41) is 12.0. The Morgan fingerprint density at radius 3 is 2.56 bits per heavy atom.